The van der Waals surface area contributed by atoms with E-state index in [9.17, 15) is 59.6 Å². The summed E-state index contributed by atoms with van der Waals surface area (Å²) in [7, 11) is 0. The van der Waals surface area contributed by atoms with E-state index in [0.717, 1.165) is 16.4 Å². The number of fused-ring (bicyclic) bond motifs is 2. The van der Waals surface area contributed by atoms with Gasteiger partial charge in [0, 0.05) is 45.5 Å². The number of aromatic carboxylic acids is 1. The number of hydrogen-bond donors (Lipinski definition) is 9. The van der Waals surface area contributed by atoms with Gasteiger partial charge in [-0.3, -0.25) is 9.59 Å². The number of carboxylic acid groups (broad SMARTS) is 1. The first-order chi connectivity index (χ1) is 32.7. The van der Waals surface area contributed by atoms with E-state index in [1.807, 2.05) is 0 Å². The number of aliphatic hydroxyl groups is 6. The third kappa shape index (κ3) is 8.93. The van der Waals surface area contributed by atoms with Crippen LogP contribution in [0.15, 0.2) is 100 Å². The third-order valence-electron chi connectivity index (χ3n) is 12.0. The lowest BCUT2D eigenvalue weighted by Gasteiger charge is -2.44. The number of phenolic OH excluding ortho intramolecular Hbond substituents is 1. The molecule has 9 N–H and O–H groups in total. The van der Waals surface area contributed by atoms with Crippen LogP contribution < -0.4 is 10.7 Å². The van der Waals surface area contributed by atoms with E-state index < -0.39 is 91.2 Å². The Morgan fingerprint density at radius 3 is 2.24 bits per heavy atom. The van der Waals surface area contributed by atoms with Crippen LogP contribution in [0.25, 0.3) is 44.7 Å². The van der Waals surface area contributed by atoms with Gasteiger partial charge >= 0.3 is 5.97 Å². The van der Waals surface area contributed by atoms with Gasteiger partial charge in [-0.15, -0.1) is 22.0 Å². The number of thioether (sulfide) groups is 1. The Kier molecular flexibility index (Phi) is 13.1. The number of phenols is 1. The van der Waals surface area contributed by atoms with Crippen LogP contribution in [0, 0.1) is 5.82 Å². The molecule has 4 aliphatic rings. The predicted octanol–water partition coefficient (Wildman–Crippen LogP) is 1.32. The molecule has 5 aromatic rings. The molecular formula is C45H42FN7O14S. The molecule has 2 fully saturated rings. The summed E-state index contributed by atoms with van der Waals surface area (Å²) < 4.78 is 33.9. The summed E-state index contributed by atoms with van der Waals surface area (Å²) in [5.74, 6) is -2.61. The first-order valence-electron chi connectivity index (χ1n) is 21.0. The van der Waals surface area contributed by atoms with Crippen molar-refractivity contribution in [1.82, 2.24) is 35.3 Å². The van der Waals surface area contributed by atoms with E-state index >= 15 is 0 Å². The average Bonchev–Trinajstić information content (AvgIpc) is 4.01. The van der Waals surface area contributed by atoms with Crippen molar-refractivity contribution in [3.63, 3.8) is 0 Å². The van der Waals surface area contributed by atoms with Crippen LogP contribution in [0.2, 0.25) is 0 Å². The molecule has 2 aromatic heterocycles. The Hall–Kier alpha value is -6.67. The number of carboxylic acids is 1. The van der Waals surface area contributed by atoms with Crippen molar-refractivity contribution in [2.45, 2.75) is 66.8 Å². The zero-order valence-electron chi connectivity index (χ0n) is 35.3. The third-order valence-corrected chi connectivity index (χ3v) is 13.2. The molecule has 21 nitrogen and oxygen atoms in total. The maximum atomic E-state index is 13.9. The molecule has 3 aliphatic heterocycles. The van der Waals surface area contributed by atoms with E-state index in [0.29, 0.717) is 22.1 Å². The van der Waals surface area contributed by atoms with E-state index in [4.69, 9.17) is 13.9 Å². The highest BCUT2D eigenvalue weighted by Gasteiger charge is 2.49. The SMILES string of the molecule is O=C(NCc1cn(C2C(O)[C@@H](CO)OC(CS[C@@H]3OC(CO)[C@H](O)C(n4cc(-c5cccc(F)c5)nn4)C3O)[C@@H]2O)nn1)c1ccc(-c2c3ccc(=O)cc-3oc3cc(O)ccc23)c(C(=O)O)c1. The molecule has 0 spiro atoms. The minimum atomic E-state index is -1.51. The van der Waals surface area contributed by atoms with Crippen molar-refractivity contribution in [1.29, 1.82) is 0 Å². The Balaban J connectivity index is 0.890. The Labute approximate surface area is 387 Å². The average molecular weight is 956 g/mol. The molecule has 10 atom stereocenters. The standard InChI is InChI=1S/C45H42FN7O14S/c46-22-3-1-2-20(10-22)30-16-53(51-49-30)38-40(59)34(18-55)67-45(42(38)61)68-19-35-41(60)37(39(58)33(17-54)66-35)52-15-23(48-50-52)14-47-43(62)21-4-7-26(29(11-21)44(63)64)36-27-8-5-24(56)12-31(27)65-32-13-25(57)6-9-28(32)36/h1-13,15-16,33-35,37-42,45,54-56,58-61H,14,17-19H2,(H,47,62)(H,63,64)/t33-,34?,35?,37?,38?,39?,40+,41+,42?,45+/m1/s1. The fourth-order valence-corrected chi connectivity index (χ4v) is 9.82. The summed E-state index contributed by atoms with van der Waals surface area (Å²) in [6, 6.07) is 15.6. The van der Waals surface area contributed by atoms with Crippen LogP contribution in [0.4, 0.5) is 4.39 Å². The number of aromatic hydroxyl groups is 1. The van der Waals surface area contributed by atoms with Crippen molar-refractivity contribution in [2.24, 2.45) is 0 Å². The van der Waals surface area contributed by atoms with Gasteiger partial charge in [0.2, 0.25) is 0 Å². The van der Waals surface area contributed by atoms with Gasteiger partial charge in [-0.2, -0.15) is 0 Å². The van der Waals surface area contributed by atoms with E-state index in [2.05, 4.69) is 25.9 Å². The lowest BCUT2D eigenvalue weighted by atomic mass is 9.90. The normalized spacial score (nSPS) is 25.2. The van der Waals surface area contributed by atoms with Crippen LogP contribution in [-0.4, -0.2) is 150 Å². The van der Waals surface area contributed by atoms with Gasteiger partial charge in [-0.05, 0) is 54.1 Å². The van der Waals surface area contributed by atoms with E-state index in [1.165, 1.54) is 83.8 Å². The lowest BCUT2D eigenvalue weighted by Crippen LogP contribution is -2.57. The zero-order chi connectivity index (χ0) is 48.0. The second-order valence-electron chi connectivity index (χ2n) is 16.2. The summed E-state index contributed by atoms with van der Waals surface area (Å²) in [6.45, 7) is -1.54. The molecule has 1 amide bonds. The topological polar surface area (TPSA) is 318 Å². The molecule has 0 saturated carbocycles. The maximum Gasteiger partial charge on any atom is 0.336 e. The molecule has 0 bridgehead atoms. The second-order valence-corrected chi connectivity index (χ2v) is 17.4. The van der Waals surface area contributed by atoms with Gasteiger partial charge in [0.1, 0.15) is 88.4 Å². The molecule has 68 heavy (non-hydrogen) atoms. The monoisotopic (exact) mass is 955 g/mol. The number of carbonyl (C=O) groups excluding carboxylic acids is 1. The lowest BCUT2D eigenvalue weighted by molar-refractivity contribution is -0.199. The number of ether oxygens (including phenoxy) is 2. The molecule has 3 aromatic carbocycles. The fraction of sp³-hybridized carbons (Fsp3) is 0.311. The van der Waals surface area contributed by atoms with E-state index in [-0.39, 0.29) is 62.9 Å². The van der Waals surface area contributed by atoms with Crippen LogP contribution in [0.3, 0.4) is 0 Å². The summed E-state index contributed by atoms with van der Waals surface area (Å²) >= 11 is 0.962. The highest BCUT2D eigenvalue weighted by molar-refractivity contribution is 7.99. The molecule has 2 saturated heterocycles. The van der Waals surface area contributed by atoms with Crippen molar-refractivity contribution >= 4 is 34.6 Å². The van der Waals surface area contributed by atoms with Gasteiger partial charge < -0.3 is 60.1 Å². The van der Waals surface area contributed by atoms with Crippen molar-refractivity contribution in [3.8, 4) is 39.5 Å². The number of nitrogens with one attached hydrogen (secondary N) is 1. The Morgan fingerprint density at radius 1 is 0.779 bits per heavy atom. The first-order valence-corrected chi connectivity index (χ1v) is 22.1. The molecule has 0 radical (unpaired) electrons. The smallest absolute Gasteiger partial charge is 0.336 e. The van der Waals surface area contributed by atoms with Gasteiger partial charge in [0.15, 0.2) is 5.43 Å². The highest BCUT2D eigenvalue weighted by atomic mass is 32.2. The minimum Gasteiger partial charge on any atom is -0.508 e. The predicted molar refractivity (Wildman–Crippen MR) is 236 cm³/mol. The summed E-state index contributed by atoms with van der Waals surface area (Å²) in [4.78, 5) is 38.4. The highest BCUT2D eigenvalue weighted by Crippen LogP contribution is 2.43. The molecule has 1 aliphatic carbocycles. The number of nitrogens with zero attached hydrogens (tertiary/aromatic N) is 6. The second kappa shape index (κ2) is 19.1. The van der Waals surface area contributed by atoms with Gasteiger partial charge in [-0.25, -0.2) is 18.5 Å². The number of aliphatic hydroxyl groups excluding tert-OH is 6. The van der Waals surface area contributed by atoms with E-state index in [1.54, 1.807) is 12.1 Å². The minimum absolute atomic E-state index is 0.0261. The van der Waals surface area contributed by atoms with Crippen LogP contribution in [-0.2, 0) is 16.0 Å². The summed E-state index contributed by atoms with van der Waals surface area (Å²) in [5, 5.41) is 106. The fourth-order valence-electron chi connectivity index (χ4n) is 8.58. The Bertz CT molecular complexity index is 3020. The summed E-state index contributed by atoms with van der Waals surface area (Å²) in [5.41, 5.74) is 0.288. The zero-order valence-corrected chi connectivity index (χ0v) is 36.1. The molecular weight excluding hydrogens is 914 g/mol. The largest absolute Gasteiger partial charge is 0.508 e. The quantitative estimate of drug-likeness (QED) is 0.0736. The molecule has 5 heterocycles. The molecule has 23 heteroatoms. The van der Waals surface area contributed by atoms with Gasteiger partial charge in [0.25, 0.3) is 5.91 Å². The van der Waals surface area contributed by atoms with Crippen molar-refractivity contribution in [3.05, 3.63) is 124 Å². The maximum absolute atomic E-state index is 13.9. The molecule has 354 valence electrons. The number of aromatic nitrogens is 6. The van der Waals surface area contributed by atoms with Gasteiger partial charge in [0.05, 0.1) is 43.8 Å². The molecule has 6 unspecified atom stereocenters. The number of hydrogen-bond acceptors (Lipinski definition) is 18. The molecule has 9 rings (SSSR count). The van der Waals surface area contributed by atoms with Crippen molar-refractivity contribution in [2.75, 3.05) is 19.0 Å². The number of carbonyl (C=O) groups is 2. The van der Waals surface area contributed by atoms with Crippen LogP contribution in [0.5, 0.6) is 5.75 Å². The summed E-state index contributed by atoms with van der Waals surface area (Å²) in [6.07, 6.45) is -6.70. The number of rotatable bonds is 13. The number of halogens is 1. The van der Waals surface area contributed by atoms with Crippen LogP contribution in [0.1, 0.15) is 38.5 Å². The first kappa shape index (κ1) is 46.4. The van der Waals surface area contributed by atoms with Crippen LogP contribution >= 0.6 is 11.8 Å². The van der Waals surface area contributed by atoms with Crippen molar-refractivity contribution < 1.29 is 68.7 Å². The Morgan fingerprint density at radius 2 is 1.49 bits per heavy atom. The number of benzene rings is 4. The van der Waals surface area contributed by atoms with Gasteiger partial charge in [-0.1, -0.05) is 28.6 Å². The number of amides is 1.